The number of carbonyl (C=O) groups is 4. The summed E-state index contributed by atoms with van der Waals surface area (Å²) in [5, 5.41) is 2.36. The average Bonchev–Trinajstić information content (AvgIpc) is 3.32. The number of ether oxygens (including phenoxy) is 4. The lowest BCUT2D eigenvalue weighted by atomic mass is 10.1. The number of hydrogen-bond donors (Lipinski definition) is 1. The molecule has 0 radical (unpaired) electrons. The summed E-state index contributed by atoms with van der Waals surface area (Å²) >= 11 is 0. The lowest BCUT2D eigenvalue weighted by Crippen LogP contribution is -2.44. The second kappa shape index (κ2) is 9.09. The third-order valence-electron chi connectivity index (χ3n) is 3.87. The molecule has 0 aliphatic heterocycles. The fraction of sp³-hybridized carbons (Fsp3) is 0.733. The average molecular weight is 345 g/mol. The Labute approximate surface area is 139 Å². The van der Waals surface area contributed by atoms with Crippen molar-refractivity contribution in [2.45, 2.75) is 25.8 Å². The van der Waals surface area contributed by atoms with Gasteiger partial charge in [-0.3, -0.25) is 9.59 Å². The summed E-state index contributed by atoms with van der Waals surface area (Å²) in [5.41, 5.74) is 0. The Balaban J connectivity index is 2.86. The van der Waals surface area contributed by atoms with Crippen LogP contribution in [0.15, 0.2) is 0 Å². The number of esters is 3. The third-order valence-corrected chi connectivity index (χ3v) is 3.87. The molecule has 0 heterocycles. The van der Waals surface area contributed by atoms with Crippen molar-refractivity contribution in [2.75, 3.05) is 27.9 Å². The molecule has 1 N–H and O–H groups in total. The van der Waals surface area contributed by atoms with Gasteiger partial charge in [-0.1, -0.05) is 13.3 Å². The number of alkyl carbamates (subject to hydrolysis) is 1. The van der Waals surface area contributed by atoms with Gasteiger partial charge < -0.3 is 24.3 Å². The lowest BCUT2D eigenvalue weighted by molar-refractivity contribution is -0.148. The fourth-order valence-corrected chi connectivity index (χ4v) is 2.55. The molecule has 1 saturated carbocycles. The van der Waals surface area contributed by atoms with Gasteiger partial charge in [-0.05, 0) is 6.42 Å². The van der Waals surface area contributed by atoms with E-state index in [-0.39, 0.29) is 6.61 Å². The van der Waals surface area contributed by atoms with Crippen LogP contribution in [0.5, 0.6) is 0 Å². The van der Waals surface area contributed by atoms with Crippen molar-refractivity contribution in [1.29, 1.82) is 0 Å². The molecule has 1 aliphatic carbocycles. The van der Waals surface area contributed by atoms with Crippen LogP contribution in [0.4, 0.5) is 4.79 Å². The maximum Gasteiger partial charge on any atom is 0.407 e. The van der Waals surface area contributed by atoms with Crippen molar-refractivity contribution < 1.29 is 38.1 Å². The van der Waals surface area contributed by atoms with Gasteiger partial charge in [0.05, 0.1) is 39.8 Å². The number of carbonyl (C=O) groups excluding carboxylic acids is 4. The number of rotatable bonds is 8. The highest BCUT2D eigenvalue weighted by atomic mass is 16.6. The SMILES string of the molecule is CCCCOC(=O)NC(C(=O)OC)C1C(C(=O)OC)C1C(=O)OC. The van der Waals surface area contributed by atoms with E-state index in [0.29, 0.717) is 6.42 Å². The van der Waals surface area contributed by atoms with Gasteiger partial charge >= 0.3 is 24.0 Å². The molecule has 9 nitrogen and oxygen atoms in total. The van der Waals surface area contributed by atoms with Gasteiger partial charge in [0, 0.05) is 5.92 Å². The predicted molar refractivity (Wildman–Crippen MR) is 79.7 cm³/mol. The highest BCUT2D eigenvalue weighted by Gasteiger charge is 2.65. The summed E-state index contributed by atoms with van der Waals surface area (Å²) in [6.45, 7) is 2.13. The van der Waals surface area contributed by atoms with Crippen molar-refractivity contribution in [1.82, 2.24) is 5.32 Å². The van der Waals surface area contributed by atoms with E-state index in [1.165, 1.54) is 14.2 Å². The minimum absolute atomic E-state index is 0.196. The number of amides is 1. The van der Waals surface area contributed by atoms with Crippen LogP contribution < -0.4 is 5.32 Å². The van der Waals surface area contributed by atoms with E-state index in [0.717, 1.165) is 13.5 Å². The maximum atomic E-state index is 12.0. The van der Waals surface area contributed by atoms with Crippen LogP contribution in [-0.2, 0) is 33.3 Å². The summed E-state index contributed by atoms with van der Waals surface area (Å²) in [6, 6.07) is -1.21. The molecular weight excluding hydrogens is 322 g/mol. The highest BCUT2D eigenvalue weighted by molar-refractivity contribution is 5.92. The smallest absolute Gasteiger partial charge is 0.407 e. The summed E-state index contributed by atoms with van der Waals surface area (Å²) in [6.07, 6.45) is 0.693. The van der Waals surface area contributed by atoms with Gasteiger partial charge in [0.25, 0.3) is 0 Å². The number of nitrogens with one attached hydrogen (secondary N) is 1. The molecule has 3 atom stereocenters. The van der Waals surface area contributed by atoms with E-state index in [1.807, 2.05) is 6.92 Å². The van der Waals surface area contributed by atoms with Crippen molar-refractivity contribution in [3.8, 4) is 0 Å². The summed E-state index contributed by atoms with van der Waals surface area (Å²) in [7, 11) is 3.49. The van der Waals surface area contributed by atoms with Crippen LogP contribution in [0.2, 0.25) is 0 Å². The van der Waals surface area contributed by atoms with Gasteiger partial charge in [0.15, 0.2) is 0 Å². The van der Waals surface area contributed by atoms with E-state index >= 15 is 0 Å². The molecule has 1 amide bonds. The van der Waals surface area contributed by atoms with Crippen molar-refractivity contribution in [3.05, 3.63) is 0 Å². The first-order valence-electron chi connectivity index (χ1n) is 7.59. The molecule has 3 unspecified atom stereocenters. The van der Waals surface area contributed by atoms with E-state index in [2.05, 4.69) is 19.5 Å². The summed E-state index contributed by atoms with van der Waals surface area (Å²) < 4.78 is 18.9. The van der Waals surface area contributed by atoms with Crippen LogP contribution in [0.25, 0.3) is 0 Å². The quantitative estimate of drug-likeness (QED) is 0.378. The topological polar surface area (TPSA) is 117 Å². The first-order chi connectivity index (χ1) is 11.4. The molecule has 0 aromatic carbocycles. The molecular formula is C15H23NO8. The Bertz CT molecular complexity index is 470. The van der Waals surface area contributed by atoms with E-state index in [4.69, 9.17) is 4.74 Å². The molecule has 0 bridgehead atoms. The van der Waals surface area contributed by atoms with E-state index < -0.39 is 47.8 Å². The van der Waals surface area contributed by atoms with Crippen LogP contribution in [0, 0.1) is 17.8 Å². The minimum atomic E-state index is -1.21. The number of hydrogen-bond acceptors (Lipinski definition) is 8. The maximum absolute atomic E-state index is 12.0. The van der Waals surface area contributed by atoms with Crippen LogP contribution >= 0.6 is 0 Å². The van der Waals surface area contributed by atoms with Crippen molar-refractivity contribution in [3.63, 3.8) is 0 Å². The van der Waals surface area contributed by atoms with Gasteiger partial charge in [0.1, 0.15) is 6.04 Å². The first kappa shape index (κ1) is 19.7. The van der Waals surface area contributed by atoms with E-state index in [1.54, 1.807) is 0 Å². The monoisotopic (exact) mass is 345 g/mol. The zero-order chi connectivity index (χ0) is 18.3. The Kier molecular flexibility index (Phi) is 7.47. The largest absolute Gasteiger partial charge is 0.469 e. The number of methoxy groups -OCH3 is 3. The Hall–Kier alpha value is -2.32. The van der Waals surface area contributed by atoms with Crippen LogP contribution in [-0.4, -0.2) is 58.0 Å². The lowest BCUT2D eigenvalue weighted by Gasteiger charge is -2.16. The predicted octanol–water partition coefficient (Wildman–Crippen LogP) is 0.263. The Morgan fingerprint density at radius 1 is 0.958 bits per heavy atom. The highest BCUT2D eigenvalue weighted by Crippen LogP contribution is 2.50. The molecule has 1 rings (SSSR count). The molecule has 9 heteroatoms. The van der Waals surface area contributed by atoms with Gasteiger partial charge in [-0.15, -0.1) is 0 Å². The van der Waals surface area contributed by atoms with Gasteiger partial charge in [-0.2, -0.15) is 0 Å². The minimum Gasteiger partial charge on any atom is -0.469 e. The van der Waals surface area contributed by atoms with Crippen LogP contribution in [0.3, 0.4) is 0 Å². The van der Waals surface area contributed by atoms with Gasteiger partial charge in [-0.25, -0.2) is 9.59 Å². The fourth-order valence-electron chi connectivity index (χ4n) is 2.55. The molecule has 1 aliphatic rings. The standard InChI is InChI=1S/C15H23NO8/c1-5-6-7-24-15(20)16-11(14(19)23-4)8-9(12(17)21-2)10(8)13(18)22-3/h8-11H,5-7H2,1-4H3,(H,16,20). The molecule has 24 heavy (non-hydrogen) atoms. The first-order valence-corrected chi connectivity index (χ1v) is 7.59. The zero-order valence-electron chi connectivity index (χ0n) is 14.2. The molecule has 136 valence electrons. The normalized spacial score (nSPS) is 22.8. The van der Waals surface area contributed by atoms with Gasteiger partial charge in [0.2, 0.25) is 0 Å². The Morgan fingerprint density at radius 2 is 1.50 bits per heavy atom. The molecule has 0 saturated heterocycles. The summed E-state index contributed by atoms with van der Waals surface area (Å²) in [5.74, 6) is -4.69. The number of unbranched alkanes of at least 4 members (excludes halogenated alkanes) is 1. The summed E-state index contributed by atoms with van der Waals surface area (Å²) in [4.78, 5) is 47.4. The molecule has 0 aromatic heterocycles. The van der Waals surface area contributed by atoms with Crippen molar-refractivity contribution in [2.24, 2.45) is 17.8 Å². The third kappa shape index (κ3) is 4.59. The van der Waals surface area contributed by atoms with E-state index in [9.17, 15) is 19.2 Å². The molecule has 0 spiro atoms. The van der Waals surface area contributed by atoms with Crippen molar-refractivity contribution >= 4 is 24.0 Å². The second-order valence-corrected chi connectivity index (χ2v) is 5.31. The Morgan fingerprint density at radius 3 is 1.92 bits per heavy atom. The molecule has 0 aromatic rings. The zero-order valence-corrected chi connectivity index (χ0v) is 14.2. The van der Waals surface area contributed by atoms with Crippen LogP contribution in [0.1, 0.15) is 19.8 Å². The molecule has 1 fully saturated rings. The second-order valence-electron chi connectivity index (χ2n) is 5.31.